The van der Waals surface area contributed by atoms with Gasteiger partial charge in [-0.05, 0) is 25.3 Å². The lowest BCUT2D eigenvalue weighted by atomic mass is 9.94. The van der Waals surface area contributed by atoms with Gasteiger partial charge in [-0.25, -0.2) is 4.72 Å². The zero-order valence-electron chi connectivity index (χ0n) is 10.4. The predicted octanol–water partition coefficient (Wildman–Crippen LogP) is 0.0181. The van der Waals surface area contributed by atoms with Crippen LogP contribution in [0.25, 0.3) is 0 Å². The third-order valence-electron chi connectivity index (χ3n) is 2.83. The quantitative estimate of drug-likeness (QED) is 0.675. The Balaban J connectivity index is 2.53. The summed E-state index contributed by atoms with van der Waals surface area (Å²) in [5.41, 5.74) is 0. The van der Waals surface area contributed by atoms with Crippen molar-refractivity contribution in [2.75, 3.05) is 33.2 Å². The van der Waals surface area contributed by atoms with E-state index in [0.717, 1.165) is 6.42 Å². The highest BCUT2D eigenvalue weighted by Gasteiger charge is 2.29. The Hall–Kier alpha value is -0.170. The van der Waals surface area contributed by atoms with Crippen LogP contribution in [0.3, 0.4) is 0 Å². The molecule has 0 aromatic carbocycles. The molecule has 0 saturated carbocycles. The van der Waals surface area contributed by atoms with E-state index in [0.29, 0.717) is 38.0 Å². The molecule has 1 rings (SSSR count). The smallest absolute Gasteiger partial charge is 0.279 e. The molecule has 1 fully saturated rings. The van der Waals surface area contributed by atoms with Crippen molar-refractivity contribution < 1.29 is 8.42 Å². The van der Waals surface area contributed by atoms with Gasteiger partial charge in [0, 0.05) is 26.2 Å². The van der Waals surface area contributed by atoms with Crippen molar-refractivity contribution in [3.8, 4) is 0 Å². The molecule has 6 heteroatoms. The highest BCUT2D eigenvalue weighted by atomic mass is 32.2. The Bertz CT molecular complexity index is 295. The van der Waals surface area contributed by atoms with E-state index >= 15 is 0 Å². The molecule has 2 N–H and O–H groups in total. The van der Waals surface area contributed by atoms with Crippen molar-refractivity contribution in [1.82, 2.24) is 14.3 Å². The van der Waals surface area contributed by atoms with Gasteiger partial charge in [-0.2, -0.15) is 12.7 Å². The van der Waals surface area contributed by atoms with Crippen LogP contribution in [0.5, 0.6) is 0 Å². The van der Waals surface area contributed by atoms with Gasteiger partial charge < -0.3 is 5.32 Å². The molecule has 0 aromatic rings. The first-order valence-corrected chi connectivity index (χ1v) is 7.29. The summed E-state index contributed by atoms with van der Waals surface area (Å²) >= 11 is 0. The van der Waals surface area contributed by atoms with Gasteiger partial charge in [0.1, 0.15) is 0 Å². The van der Waals surface area contributed by atoms with Crippen LogP contribution >= 0.6 is 0 Å². The van der Waals surface area contributed by atoms with Gasteiger partial charge in [0.2, 0.25) is 0 Å². The van der Waals surface area contributed by atoms with Crippen LogP contribution in [0.4, 0.5) is 0 Å². The molecule has 0 aliphatic carbocycles. The Morgan fingerprint density at radius 2 is 1.75 bits per heavy atom. The van der Waals surface area contributed by atoms with Crippen molar-refractivity contribution in [3.63, 3.8) is 0 Å². The summed E-state index contributed by atoms with van der Waals surface area (Å²) in [7, 11) is -1.47. The van der Waals surface area contributed by atoms with Gasteiger partial charge in [0.05, 0.1) is 0 Å². The molecule has 1 saturated heterocycles. The van der Waals surface area contributed by atoms with E-state index in [1.807, 2.05) is 0 Å². The van der Waals surface area contributed by atoms with Crippen LogP contribution in [0.15, 0.2) is 0 Å². The van der Waals surface area contributed by atoms with Gasteiger partial charge in [-0.15, -0.1) is 0 Å². The molecule has 0 aromatic heterocycles. The van der Waals surface area contributed by atoms with E-state index in [4.69, 9.17) is 0 Å². The summed E-state index contributed by atoms with van der Waals surface area (Å²) in [4.78, 5) is 0. The van der Waals surface area contributed by atoms with Gasteiger partial charge in [0.25, 0.3) is 10.2 Å². The maximum atomic E-state index is 11.9. The normalized spacial score (nSPS) is 28.2. The number of nitrogens with one attached hydrogen (secondary N) is 2. The SMILES string of the molecule is CNCCNS(=O)(=O)N1CC(C)CC(C)C1. The van der Waals surface area contributed by atoms with E-state index in [9.17, 15) is 8.42 Å². The number of hydrogen-bond donors (Lipinski definition) is 2. The lowest BCUT2D eigenvalue weighted by molar-refractivity contribution is 0.220. The standard InChI is InChI=1S/C10H23N3O2S/c1-9-6-10(2)8-13(7-9)16(14,15)12-5-4-11-3/h9-12H,4-8H2,1-3H3. The zero-order valence-corrected chi connectivity index (χ0v) is 11.2. The Morgan fingerprint density at radius 1 is 1.19 bits per heavy atom. The minimum Gasteiger partial charge on any atom is -0.318 e. The molecule has 2 atom stereocenters. The first kappa shape index (κ1) is 13.9. The Labute approximate surface area is 98.8 Å². The molecule has 0 amide bonds. The van der Waals surface area contributed by atoms with Crippen LogP contribution in [-0.2, 0) is 10.2 Å². The van der Waals surface area contributed by atoms with Crippen LogP contribution in [0, 0.1) is 11.8 Å². The molecule has 0 radical (unpaired) electrons. The average Bonchev–Trinajstić information content (AvgIpc) is 2.16. The second-order valence-electron chi connectivity index (χ2n) is 4.77. The first-order valence-electron chi connectivity index (χ1n) is 5.85. The molecule has 0 bridgehead atoms. The van der Waals surface area contributed by atoms with Crippen molar-refractivity contribution >= 4 is 10.2 Å². The average molecular weight is 249 g/mol. The molecular formula is C10H23N3O2S. The van der Waals surface area contributed by atoms with E-state index in [-0.39, 0.29) is 0 Å². The lowest BCUT2D eigenvalue weighted by Gasteiger charge is -2.33. The molecule has 5 nitrogen and oxygen atoms in total. The van der Waals surface area contributed by atoms with Gasteiger partial charge in [0.15, 0.2) is 0 Å². The number of likely N-dealkylation sites (N-methyl/N-ethyl adjacent to an activating group) is 1. The van der Waals surface area contributed by atoms with Crippen molar-refractivity contribution in [1.29, 1.82) is 0 Å². The van der Waals surface area contributed by atoms with Crippen molar-refractivity contribution in [3.05, 3.63) is 0 Å². The predicted molar refractivity (Wildman–Crippen MR) is 65.4 cm³/mol. The van der Waals surface area contributed by atoms with Crippen LogP contribution in [0.2, 0.25) is 0 Å². The monoisotopic (exact) mass is 249 g/mol. The maximum absolute atomic E-state index is 11.9. The van der Waals surface area contributed by atoms with E-state index in [1.165, 1.54) is 0 Å². The third-order valence-corrected chi connectivity index (χ3v) is 4.38. The molecule has 1 aliphatic heterocycles. The largest absolute Gasteiger partial charge is 0.318 e. The molecule has 96 valence electrons. The Kier molecular flexibility index (Phi) is 5.17. The molecule has 1 aliphatic rings. The first-order chi connectivity index (χ1) is 7.45. The third kappa shape index (κ3) is 4.01. The summed E-state index contributed by atoms with van der Waals surface area (Å²) in [6.07, 6.45) is 1.11. The minimum atomic E-state index is -3.28. The van der Waals surface area contributed by atoms with Crippen LogP contribution in [0.1, 0.15) is 20.3 Å². The second-order valence-corrected chi connectivity index (χ2v) is 6.52. The highest BCUT2D eigenvalue weighted by Crippen LogP contribution is 2.22. The summed E-state index contributed by atoms with van der Waals surface area (Å²) in [5, 5.41) is 2.92. The van der Waals surface area contributed by atoms with Crippen molar-refractivity contribution in [2.24, 2.45) is 11.8 Å². The minimum absolute atomic E-state index is 0.443. The second kappa shape index (κ2) is 5.95. The summed E-state index contributed by atoms with van der Waals surface area (Å²) in [5.74, 6) is 0.897. The summed E-state index contributed by atoms with van der Waals surface area (Å²) in [6.45, 7) is 6.58. The molecule has 0 spiro atoms. The number of hydrogen-bond acceptors (Lipinski definition) is 3. The maximum Gasteiger partial charge on any atom is 0.279 e. The van der Waals surface area contributed by atoms with Gasteiger partial charge in [-0.3, -0.25) is 0 Å². The highest BCUT2D eigenvalue weighted by molar-refractivity contribution is 7.87. The van der Waals surface area contributed by atoms with Gasteiger partial charge in [-0.1, -0.05) is 13.8 Å². The number of nitrogens with zero attached hydrogens (tertiary/aromatic N) is 1. The topological polar surface area (TPSA) is 61.4 Å². The zero-order chi connectivity index (χ0) is 12.2. The fourth-order valence-electron chi connectivity index (χ4n) is 2.20. The van der Waals surface area contributed by atoms with E-state index in [1.54, 1.807) is 11.4 Å². The van der Waals surface area contributed by atoms with Gasteiger partial charge >= 0.3 is 0 Å². The molecule has 1 heterocycles. The van der Waals surface area contributed by atoms with Crippen LogP contribution in [-0.4, -0.2) is 45.9 Å². The molecule has 2 unspecified atom stereocenters. The summed E-state index contributed by atoms with van der Waals surface area (Å²) < 4.78 is 28.1. The fourth-order valence-corrected chi connectivity index (χ4v) is 3.64. The Morgan fingerprint density at radius 3 is 2.25 bits per heavy atom. The number of rotatable bonds is 5. The number of piperidine rings is 1. The van der Waals surface area contributed by atoms with Crippen LogP contribution < -0.4 is 10.0 Å². The van der Waals surface area contributed by atoms with Crippen molar-refractivity contribution in [2.45, 2.75) is 20.3 Å². The molecular weight excluding hydrogens is 226 g/mol. The van der Waals surface area contributed by atoms with E-state index in [2.05, 4.69) is 23.9 Å². The summed E-state index contributed by atoms with van der Waals surface area (Å²) in [6, 6.07) is 0. The lowest BCUT2D eigenvalue weighted by Crippen LogP contribution is -2.48. The molecule has 16 heavy (non-hydrogen) atoms. The van der Waals surface area contributed by atoms with E-state index < -0.39 is 10.2 Å². The fraction of sp³-hybridized carbons (Fsp3) is 1.00.